The number of carbonyl (C=O) groups is 4. The molecule has 3 amide bonds. The van der Waals surface area contributed by atoms with Crippen LogP contribution >= 0.6 is 22.9 Å². The Morgan fingerprint density at radius 2 is 2.11 bits per heavy atom. The van der Waals surface area contributed by atoms with Crippen LogP contribution in [0.2, 0.25) is 4.34 Å². The average molecular weight is 550 g/mol. The number of allylic oxidation sites excluding steroid dienone is 2. The van der Waals surface area contributed by atoms with Crippen LogP contribution in [-0.2, 0) is 19.2 Å². The number of fused-ring (bicyclic) bond motifs is 1. The number of thiazole rings is 1. The lowest BCUT2D eigenvalue weighted by molar-refractivity contribution is -0.156. The summed E-state index contributed by atoms with van der Waals surface area (Å²) in [4.78, 5) is 69.1. The number of β-lactam (4-membered cyclic amide) rings is 1. The van der Waals surface area contributed by atoms with E-state index in [1.54, 1.807) is 6.08 Å². The number of nitroso groups, excluding NO2 is 1. The molecular weight excluding hydrogens is 526 g/mol. The predicted molar refractivity (Wildman–Crippen MR) is 132 cm³/mol. The number of nitrogens with one attached hydrogen (secondary N) is 2. The van der Waals surface area contributed by atoms with Crippen molar-refractivity contribution >= 4 is 51.8 Å². The summed E-state index contributed by atoms with van der Waals surface area (Å²) in [6.45, 7) is 2.17. The maximum absolute atomic E-state index is 13.0. The van der Waals surface area contributed by atoms with Gasteiger partial charge in [0.2, 0.25) is 11.9 Å². The zero-order chi connectivity index (χ0) is 26.4. The van der Waals surface area contributed by atoms with Crippen molar-refractivity contribution in [3.05, 3.63) is 37.9 Å². The smallest absolute Gasteiger partial charge is 0.352 e. The molecule has 1 aromatic rings. The number of nitrogens with zero attached hydrogens (tertiary/aromatic N) is 4. The van der Waals surface area contributed by atoms with Gasteiger partial charge in [0.1, 0.15) is 21.8 Å². The van der Waals surface area contributed by atoms with E-state index in [4.69, 9.17) is 17.3 Å². The van der Waals surface area contributed by atoms with Crippen LogP contribution in [0.25, 0.3) is 0 Å². The molecule has 3 fully saturated rings. The third-order valence-electron chi connectivity index (χ3n) is 7.19. The van der Waals surface area contributed by atoms with E-state index in [0.29, 0.717) is 37.0 Å². The SMILES string of the molecule is Nc1nc(C(N=O)C(=O)N[C@@H]2C(=O)N3C(C(=O)O)=C(C=C4CCN([C@@H]5CCNC5)C4=O)CC[C@H]23)c(Cl)s1. The van der Waals surface area contributed by atoms with Crippen LogP contribution in [0.15, 0.2) is 28.1 Å². The van der Waals surface area contributed by atoms with Crippen LogP contribution in [0, 0.1) is 4.91 Å². The van der Waals surface area contributed by atoms with Gasteiger partial charge in [-0.05, 0) is 49.1 Å². The number of carbonyl (C=O) groups excluding carboxylic acids is 3. The maximum Gasteiger partial charge on any atom is 0.352 e. The fourth-order valence-corrected chi connectivity index (χ4v) is 6.39. The minimum absolute atomic E-state index is 0.0366. The van der Waals surface area contributed by atoms with Crippen LogP contribution in [0.4, 0.5) is 5.13 Å². The van der Waals surface area contributed by atoms with Gasteiger partial charge in [0.15, 0.2) is 5.13 Å². The Kier molecular flexibility index (Phi) is 6.72. The number of halogens is 1. The van der Waals surface area contributed by atoms with Gasteiger partial charge in [-0.1, -0.05) is 22.9 Å². The van der Waals surface area contributed by atoms with E-state index in [1.165, 1.54) is 0 Å². The van der Waals surface area contributed by atoms with Crippen molar-refractivity contribution in [3.8, 4) is 0 Å². The highest BCUT2D eigenvalue weighted by molar-refractivity contribution is 7.19. The summed E-state index contributed by atoms with van der Waals surface area (Å²) in [5, 5.41) is 18.5. The monoisotopic (exact) mass is 549 g/mol. The summed E-state index contributed by atoms with van der Waals surface area (Å²) < 4.78 is 0.0366. The molecule has 1 unspecified atom stereocenters. The normalized spacial score (nSPS) is 27.4. The number of carboxylic acid groups (broad SMARTS) is 1. The van der Waals surface area contributed by atoms with Gasteiger partial charge in [0.25, 0.3) is 11.8 Å². The van der Waals surface area contributed by atoms with Gasteiger partial charge in [0, 0.05) is 24.7 Å². The molecule has 5 N–H and O–H groups in total. The Bertz CT molecular complexity index is 1260. The van der Waals surface area contributed by atoms with Gasteiger partial charge in [-0.25, -0.2) is 9.78 Å². The van der Waals surface area contributed by atoms with Crippen LogP contribution in [0.3, 0.4) is 0 Å². The second-order valence-electron chi connectivity index (χ2n) is 9.26. The molecule has 1 aromatic heterocycles. The van der Waals surface area contributed by atoms with Gasteiger partial charge < -0.3 is 26.4 Å². The molecule has 0 aliphatic carbocycles. The van der Waals surface area contributed by atoms with E-state index in [0.717, 1.165) is 35.7 Å². The average Bonchev–Trinajstić information content (AvgIpc) is 3.59. The molecule has 4 aliphatic heterocycles. The zero-order valence-corrected chi connectivity index (χ0v) is 21.0. The molecule has 3 saturated heterocycles. The molecule has 4 atom stereocenters. The van der Waals surface area contributed by atoms with Gasteiger partial charge in [0.05, 0.1) is 6.04 Å². The Balaban J connectivity index is 1.33. The second-order valence-corrected chi connectivity index (χ2v) is 10.9. The molecule has 0 spiro atoms. The standard InChI is InChI=1S/C22H24ClN7O6S/c23-17-14(27-22(24)37-17)15(28-36)18(31)26-13-12-2-1-9(16(21(34)35)30(12)20(13)33)7-10-4-6-29(19(10)32)11-3-5-25-8-11/h7,11-13,15,25H,1-6,8H2,(H2,24,27)(H,26,31)(H,34,35)/t11-,12-,13+,15?/m1/s1. The van der Waals surface area contributed by atoms with E-state index < -0.39 is 35.9 Å². The molecule has 5 heterocycles. The number of nitrogen functional groups attached to an aromatic ring is 1. The Hall–Kier alpha value is -3.36. The van der Waals surface area contributed by atoms with E-state index in [2.05, 4.69) is 20.8 Å². The van der Waals surface area contributed by atoms with Crippen LogP contribution in [-0.4, -0.2) is 81.3 Å². The summed E-state index contributed by atoms with van der Waals surface area (Å²) >= 11 is 6.88. The summed E-state index contributed by atoms with van der Waals surface area (Å²) in [6.07, 6.45) is 3.65. The fourth-order valence-electron chi connectivity index (χ4n) is 5.42. The topological polar surface area (TPSA) is 187 Å². The molecule has 0 aromatic carbocycles. The van der Waals surface area contributed by atoms with Crippen molar-refractivity contribution in [1.29, 1.82) is 0 Å². The summed E-state index contributed by atoms with van der Waals surface area (Å²) in [7, 11) is 0. The van der Waals surface area contributed by atoms with Crippen LogP contribution in [0.1, 0.15) is 37.4 Å². The predicted octanol–water partition coefficient (Wildman–Crippen LogP) is 0.535. The number of amides is 3. The van der Waals surface area contributed by atoms with Crippen LogP contribution < -0.4 is 16.4 Å². The lowest BCUT2D eigenvalue weighted by Crippen LogP contribution is -2.71. The van der Waals surface area contributed by atoms with Crippen molar-refractivity contribution in [1.82, 2.24) is 25.4 Å². The minimum atomic E-state index is -1.60. The lowest BCUT2D eigenvalue weighted by Gasteiger charge is -2.50. The number of likely N-dealkylation sites (tertiary alicyclic amines) is 1. The second kappa shape index (κ2) is 9.84. The lowest BCUT2D eigenvalue weighted by atomic mass is 9.82. The largest absolute Gasteiger partial charge is 0.477 e. The number of anilines is 1. The summed E-state index contributed by atoms with van der Waals surface area (Å²) in [5.74, 6) is -2.92. The van der Waals surface area contributed by atoms with Gasteiger partial charge in [-0.15, -0.1) is 4.91 Å². The maximum atomic E-state index is 13.0. The Morgan fingerprint density at radius 1 is 1.32 bits per heavy atom. The number of hydrogen-bond donors (Lipinski definition) is 4. The Labute approximate surface area is 219 Å². The number of hydrogen-bond acceptors (Lipinski definition) is 10. The quantitative estimate of drug-likeness (QED) is 0.214. The van der Waals surface area contributed by atoms with Gasteiger partial charge >= 0.3 is 5.97 Å². The molecule has 196 valence electrons. The molecule has 0 bridgehead atoms. The molecule has 5 rings (SSSR count). The zero-order valence-electron chi connectivity index (χ0n) is 19.5. The highest BCUT2D eigenvalue weighted by Crippen LogP contribution is 2.39. The molecular formula is C22H24ClN7O6S. The highest BCUT2D eigenvalue weighted by atomic mass is 35.5. The van der Waals surface area contributed by atoms with Crippen molar-refractivity contribution in [2.75, 3.05) is 25.4 Å². The number of rotatable bonds is 7. The third-order valence-corrected chi connectivity index (χ3v) is 8.31. The van der Waals surface area contributed by atoms with E-state index in [9.17, 15) is 29.2 Å². The van der Waals surface area contributed by atoms with Gasteiger partial charge in [-0.2, -0.15) is 0 Å². The first-order valence-electron chi connectivity index (χ1n) is 11.8. The van der Waals surface area contributed by atoms with Crippen molar-refractivity contribution in [3.63, 3.8) is 0 Å². The first-order valence-corrected chi connectivity index (χ1v) is 13.0. The number of carboxylic acids is 1. The molecule has 0 radical (unpaired) electrons. The van der Waals surface area contributed by atoms with Gasteiger partial charge in [-0.3, -0.25) is 19.3 Å². The van der Waals surface area contributed by atoms with Crippen molar-refractivity contribution in [2.45, 2.75) is 49.9 Å². The number of aromatic nitrogens is 1. The molecule has 4 aliphatic rings. The summed E-state index contributed by atoms with van der Waals surface area (Å²) in [6, 6.07) is -3.13. The van der Waals surface area contributed by atoms with Crippen molar-refractivity contribution in [2.24, 2.45) is 5.18 Å². The first kappa shape index (κ1) is 25.3. The minimum Gasteiger partial charge on any atom is -0.477 e. The molecule has 37 heavy (non-hydrogen) atoms. The fraction of sp³-hybridized carbons (Fsp3) is 0.500. The number of nitrogens with two attached hydrogens (primary N) is 1. The van der Waals surface area contributed by atoms with Crippen molar-refractivity contribution < 1.29 is 24.3 Å². The first-order chi connectivity index (χ1) is 17.7. The summed E-state index contributed by atoms with van der Waals surface area (Å²) in [5.41, 5.74) is 6.19. The van der Waals surface area contributed by atoms with E-state index in [-0.39, 0.29) is 32.8 Å². The Morgan fingerprint density at radius 3 is 2.73 bits per heavy atom. The molecule has 13 nitrogen and oxygen atoms in total. The van der Waals surface area contributed by atoms with E-state index >= 15 is 0 Å². The highest BCUT2D eigenvalue weighted by Gasteiger charge is 2.54. The third kappa shape index (κ3) is 4.38. The molecule has 15 heteroatoms. The van der Waals surface area contributed by atoms with Crippen LogP contribution in [0.5, 0.6) is 0 Å². The number of aliphatic carboxylic acids is 1. The van der Waals surface area contributed by atoms with E-state index in [1.807, 2.05) is 4.90 Å². The molecule has 0 saturated carbocycles.